The van der Waals surface area contributed by atoms with E-state index in [1.807, 2.05) is 30.3 Å². The number of nitro groups is 1. The second-order valence-electron chi connectivity index (χ2n) is 6.48. The minimum absolute atomic E-state index is 0.0333. The third-order valence-electron chi connectivity index (χ3n) is 4.53. The largest absolute Gasteiger partial charge is 0.350 e. The summed E-state index contributed by atoms with van der Waals surface area (Å²) in [6.45, 7) is 0. The number of aromatic nitrogens is 1. The van der Waals surface area contributed by atoms with Crippen LogP contribution in [0.25, 0.3) is 22.0 Å². The van der Waals surface area contributed by atoms with Crippen molar-refractivity contribution in [2.24, 2.45) is 5.10 Å². The first-order chi connectivity index (χ1) is 14.5. The molecule has 0 aliphatic rings. The number of rotatable bonds is 5. The summed E-state index contributed by atoms with van der Waals surface area (Å²) >= 11 is 0. The number of hydrazone groups is 1. The number of nitrogens with zero attached hydrogens (tertiary/aromatic N) is 2. The molecule has 0 fully saturated rings. The van der Waals surface area contributed by atoms with Gasteiger partial charge in [-0.05, 0) is 41.5 Å². The van der Waals surface area contributed by atoms with Crippen molar-refractivity contribution < 1.29 is 14.1 Å². The van der Waals surface area contributed by atoms with Crippen molar-refractivity contribution in [3.63, 3.8) is 0 Å². The quantitative estimate of drug-likeness (QED) is 0.289. The highest BCUT2D eigenvalue weighted by Gasteiger charge is 2.19. The predicted octanol–water partition coefficient (Wildman–Crippen LogP) is 4.65. The van der Waals surface area contributed by atoms with Crippen LogP contribution in [0.3, 0.4) is 0 Å². The predicted molar refractivity (Wildman–Crippen MR) is 112 cm³/mol. The van der Waals surface area contributed by atoms with Gasteiger partial charge >= 0.3 is 0 Å². The maximum absolute atomic E-state index is 13.8. The Morgan fingerprint density at radius 2 is 1.80 bits per heavy atom. The zero-order valence-corrected chi connectivity index (χ0v) is 15.5. The molecule has 0 bridgehead atoms. The lowest BCUT2D eigenvalue weighted by molar-refractivity contribution is -0.384. The number of H-pyrrole nitrogens is 1. The van der Waals surface area contributed by atoms with Crippen molar-refractivity contribution in [2.45, 2.75) is 0 Å². The Kier molecular flexibility index (Phi) is 5.04. The van der Waals surface area contributed by atoms with Gasteiger partial charge in [-0.15, -0.1) is 0 Å². The number of halogens is 1. The minimum Gasteiger partial charge on any atom is -0.350 e. The summed E-state index contributed by atoms with van der Waals surface area (Å²) in [5.74, 6) is -0.898. The first kappa shape index (κ1) is 19.0. The van der Waals surface area contributed by atoms with Gasteiger partial charge in [-0.1, -0.05) is 30.3 Å². The molecule has 0 spiro atoms. The van der Waals surface area contributed by atoms with Gasteiger partial charge < -0.3 is 4.98 Å². The summed E-state index contributed by atoms with van der Waals surface area (Å²) in [6, 6.07) is 19.2. The molecule has 7 nitrogen and oxygen atoms in total. The standard InChI is InChI=1S/C22H15FN4O3/c23-16-8-11-19-18(12-16)20(15-4-2-1-3-5-15)21(25-19)22(28)26-24-13-14-6-9-17(10-7-14)27(29)30/h1-13,25H,(H,26,28)/b24-13-. The molecule has 3 aromatic carbocycles. The highest BCUT2D eigenvalue weighted by molar-refractivity contribution is 6.09. The summed E-state index contributed by atoms with van der Waals surface area (Å²) in [6.07, 6.45) is 1.38. The molecule has 0 saturated heterocycles. The van der Waals surface area contributed by atoms with Crippen LogP contribution in [-0.4, -0.2) is 22.0 Å². The maximum atomic E-state index is 13.8. The highest BCUT2D eigenvalue weighted by atomic mass is 19.1. The van der Waals surface area contributed by atoms with E-state index in [0.29, 0.717) is 22.0 Å². The van der Waals surface area contributed by atoms with Gasteiger partial charge in [0.15, 0.2) is 0 Å². The van der Waals surface area contributed by atoms with Crippen molar-refractivity contribution >= 4 is 28.7 Å². The SMILES string of the molecule is O=C(N/N=C\c1ccc([N+](=O)[O-])cc1)c1[nH]c2ccc(F)cc2c1-c1ccccc1. The number of aromatic amines is 1. The second kappa shape index (κ2) is 7.96. The number of carbonyl (C=O) groups excluding carboxylic acids is 1. The normalized spacial score (nSPS) is 11.1. The minimum atomic E-state index is -0.497. The Hall–Kier alpha value is -4.33. The molecule has 0 unspecified atom stereocenters. The molecule has 30 heavy (non-hydrogen) atoms. The number of nitro benzene ring substituents is 1. The first-order valence-corrected chi connectivity index (χ1v) is 8.97. The zero-order chi connectivity index (χ0) is 21.1. The molecule has 2 N–H and O–H groups in total. The molecule has 0 saturated carbocycles. The Balaban J connectivity index is 1.64. The monoisotopic (exact) mass is 402 g/mol. The number of amides is 1. The lowest BCUT2D eigenvalue weighted by Gasteiger charge is -2.04. The van der Waals surface area contributed by atoms with Gasteiger partial charge in [0.25, 0.3) is 11.6 Å². The van der Waals surface area contributed by atoms with E-state index in [4.69, 9.17) is 0 Å². The number of nitrogens with one attached hydrogen (secondary N) is 2. The molecule has 8 heteroatoms. The number of hydrogen-bond acceptors (Lipinski definition) is 4. The molecule has 0 aliphatic heterocycles. The molecule has 1 amide bonds. The summed E-state index contributed by atoms with van der Waals surface area (Å²) in [5, 5.41) is 15.2. The Bertz CT molecular complexity index is 1270. The number of carbonyl (C=O) groups is 1. The number of non-ortho nitro benzene ring substituents is 1. The van der Waals surface area contributed by atoms with Crippen LogP contribution >= 0.6 is 0 Å². The molecule has 1 heterocycles. The fourth-order valence-electron chi connectivity index (χ4n) is 3.14. The van der Waals surface area contributed by atoms with E-state index in [0.717, 1.165) is 5.56 Å². The van der Waals surface area contributed by atoms with Gasteiger partial charge in [0.2, 0.25) is 0 Å². The smallest absolute Gasteiger partial charge is 0.288 e. The third-order valence-corrected chi connectivity index (χ3v) is 4.53. The second-order valence-corrected chi connectivity index (χ2v) is 6.48. The molecule has 0 aliphatic carbocycles. The van der Waals surface area contributed by atoms with E-state index >= 15 is 0 Å². The Morgan fingerprint density at radius 1 is 1.07 bits per heavy atom. The number of hydrogen-bond donors (Lipinski definition) is 2. The topological polar surface area (TPSA) is 100 Å². The zero-order valence-electron chi connectivity index (χ0n) is 15.5. The van der Waals surface area contributed by atoms with Crippen LogP contribution < -0.4 is 5.43 Å². The Labute approximate surface area is 170 Å². The molecule has 1 aromatic heterocycles. The van der Waals surface area contributed by atoms with Crippen molar-refractivity contribution in [1.82, 2.24) is 10.4 Å². The maximum Gasteiger partial charge on any atom is 0.288 e. The summed E-state index contributed by atoms with van der Waals surface area (Å²) in [7, 11) is 0. The van der Waals surface area contributed by atoms with Crippen LogP contribution in [0.1, 0.15) is 16.1 Å². The number of benzene rings is 3. The van der Waals surface area contributed by atoms with Gasteiger partial charge in [-0.2, -0.15) is 5.10 Å². The highest BCUT2D eigenvalue weighted by Crippen LogP contribution is 2.32. The van der Waals surface area contributed by atoms with Crippen LogP contribution in [0, 0.1) is 15.9 Å². The fourth-order valence-corrected chi connectivity index (χ4v) is 3.14. The molecule has 0 atom stereocenters. The van der Waals surface area contributed by atoms with E-state index in [1.54, 1.807) is 6.07 Å². The van der Waals surface area contributed by atoms with Gasteiger partial charge in [0.1, 0.15) is 11.5 Å². The van der Waals surface area contributed by atoms with Crippen molar-refractivity contribution in [2.75, 3.05) is 0 Å². The van der Waals surface area contributed by atoms with Crippen LogP contribution in [0.4, 0.5) is 10.1 Å². The molecule has 0 radical (unpaired) electrons. The van der Waals surface area contributed by atoms with Crippen molar-refractivity contribution in [3.8, 4) is 11.1 Å². The third kappa shape index (κ3) is 3.79. The van der Waals surface area contributed by atoms with Gasteiger partial charge in [0.05, 0.1) is 11.1 Å². The van der Waals surface area contributed by atoms with Gasteiger partial charge in [-0.25, -0.2) is 9.82 Å². The van der Waals surface area contributed by atoms with Crippen LogP contribution in [0.5, 0.6) is 0 Å². The van der Waals surface area contributed by atoms with Crippen LogP contribution in [0.2, 0.25) is 0 Å². The molecule has 4 rings (SSSR count). The van der Waals surface area contributed by atoms with Gasteiger partial charge in [-0.3, -0.25) is 14.9 Å². The van der Waals surface area contributed by atoms with Crippen molar-refractivity contribution in [1.29, 1.82) is 0 Å². The average molecular weight is 402 g/mol. The molecule has 148 valence electrons. The number of fused-ring (bicyclic) bond motifs is 1. The van der Waals surface area contributed by atoms with Crippen LogP contribution in [0.15, 0.2) is 77.9 Å². The summed E-state index contributed by atoms with van der Waals surface area (Å²) in [5.41, 5.74) is 5.21. The molecule has 4 aromatic rings. The van der Waals surface area contributed by atoms with E-state index in [9.17, 15) is 19.3 Å². The lowest BCUT2D eigenvalue weighted by atomic mass is 10.0. The lowest BCUT2D eigenvalue weighted by Crippen LogP contribution is -2.18. The van der Waals surface area contributed by atoms with E-state index in [2.05, 4.69) is 15.5 Å². The van der Waals surface area contributed by atoms with E-state index in [1.165, 1.54) is 42.6 Å². The average Bonchev–Trinajstić information content (AvgIpc) is 3.13. The van der Waals surface area contributed by atoms with Crippen LogP contribution in [-0.2, 0) is 0 Å². The summed E-state index contributed by atoms with van der Waals surface area (Å²) in [4.78, 5) is 26.0. The summed E-state index contributed by atoms with van der Waals surface area (Å²) < 4.78 is 13.8. The first-order valence-electron chi connectivity index (χ1n) is 8.97. The van der Waals surface area contributed by atoms with Gasteiger partial charge in [0, 0.05) is 28.6 Å². The van der Waals surface area contributed by atoms with E-state index in [-0.39, 0.29) is 11.4 Å². The fraction of sp³-hybridized carbons (Fsp3) is 0. The van der Waals surface area contributed by atoms with E-state index < -0.39 is 16.6 Å². The molecular formula is C22H15FN4O3. The molecular weight excluding hydrogens is 387 g/mol. The van der Waals surface area contributed by atoms with Crippen molar-refractivity contribution in [3.05, 3.63) is 100.0 Å². The Morgan fingerprint density at radius 3 is 2.50 bits per heavy atom.